The smallest absolute Gasteiger partial charge is 0.133 e. The van der Waals surface area contributed by atoms with Crippen molar-refractivity contribution in [3.05, 3.63) is 58.1 Å². The van der Waals surface area contributed by atoms with E-state index in [9.17, 15) is 0 Å². The highest BCUT2D eigenvalue weighted by molar-refractivity contribution is 5.48. The van der Waals surface area contributed by atoms with Gasteiger partial charge in [0, 0.05) is 0 Å². The molecule has 0 spiro atoms. The molecule has 2 heteroatoms. The summed E-state index contributed by atoms with van der Waals surface area (Å²) in [4.78, 5) is 0. The maximum Gasteiger partial charge on any atom is 0.133 e. The van der Waals surface area contributed by atoms with Gasteiger partial charge >= 0.3 is 0 Å². The zero-order chi connectivity index (χ0) is 14.0. The molecule has 2 rings (SSSR count). The van der Waals surface area contributed by atoms with E-state index >= 15 is 0 Å². The van der Waals surface area contributed by atoms with Crippen LogP contribution in [0.4, 0.5) is 0 Å². The molecule has 2 nitrogen and oxygen atoms in total. The predicted octanol–water partition coefficient (Wildman–Crippen LogP) is 4.20. The number of benzene rings is 2. The molecule has 0 amide bonds. The SMILES string of the molecule is Cc1cc(CO)ccc1Oc1c(C)ccc(C)c1C. The van der Waals surface area contributed by atoms with Crippen molar-refractivity contribution in [2.45, 2.75) is 34.3 Å². The van der Waals surface area contributed by atoms with Crippen LogP contribution < -0.4 is 4.74 Å². The Labute approximate surface area is 114 Å². The van der Waals surface area contributed by atoms with Gasteiger partial charge in [-0.05, 0) is 61.6 Å². The highest BCUT2D eigenvalue weighted by Crippen LogP contribution is 2.32. The first-order valence-corrected chi connectivity index (χ1v) is 6.48. The van der Waals surface area contributed by atoms with Crippen molar-refractivity contribution in [1.29, 1.82) is 0 Å². The maximum atomic E-state index is 9.13. The summed E-state index contributed by atoms with van der Waals surface area (Å²) in [7, 11) is 0. The molecule has 0 heterocycles. The molecule has 0 unspecified atom stereocenters. The Kier molecular flexibility index (Phi) is 3.91. The van der Waals surface area contributed by atoms with Crippen LogP contribution in [0.5, 0.6) is 11.5 Å². The van der Waals surface area contributed by atoms with E-state index in [1.165, 1.54) is 11.1 Å². The molecular weight excluding hydrogens is 236 g/mol. The molecule has 0 aliphatic heterocycles. The van der Waals surface area contributed by atoms with Crippen molar-refractivity contribution in [2.24, 2.45) is 0 Å². The Morgan fingerprint density at radius 3 is 2.21 bits per heavy atom. The molecular formula is C17H20O2. The van der Waals surface area contributed by atoms with E-state index < -0.39 is 0 Å². The number of aryl methyl sites for hydroxylation is 3. The molecule has 0 atom stereocenters. The highest BCUT2D eigenvalue weighted by atomic mass is 16.5. The average Bonchev–Trinajstić information content (AvgIpc) is 2.40. The van der Waals surface area contributed by atoms with Crippen LogP contribution in [0.15, 0.2) is 30.3 Å². The van der Waals surface area contributed by atoms with Crippen molar-refractivity contribution in [3.8, 4) is 11.5 Å². The number of hydrogen-bond acceptors (Lipinski definition) is 2. The number of rotatable bonds is 3. The van der Waals surface area contributed by atoms with Crippen LogP contribution >= 0.6 is 0 Å². The summed E-state index contributed by atoms with van der Waals surface area (Å²) >= 11 is 0. The Morgan fingerprint density at radius 1 is 0.895 bits per heavy atom. The molecule has 1 N–H and O–H groups in total. The fraction of sp³-hybridized carbons (Fsp3) is 0.294. The fourth-order valence-electron chi connectivity index (χ4n) is 2.12. The van der Waals surface area contributed by atoms with Crippen LogP contribution in [0.2, 0.25) is 0 Å². The van der Waals surface area contributed by atoms with Crippen LogP contribution in [0.3, 0.4) is 0 Å². The Balaban J connectivity index is 2.39. The molecule has 0 fully saturated rings. The minimum absolute atomic E-state index is 0.0591. The monoisotopic (exact) mass is 256 g/mol. The van der Waals surface area contributed by atoms with Crippen molar-refractivity contribution in [2.75, 3.05) is 0 Å². The average molecular weight is 256 g/mol. The first kappa shape index (κ1) is 13.6. The van der Waals surface area contributed by atoms with E-state index in [0.29, 0.717) is 0 Å². The Hall–Kier alpha value is -1.80. The summed E-state index contributed by atoms with van der Waals surface area (Å²) in [6.07, 6.45) is 0. The minimum atomic E-state index is 0.0591. The fourth-order valence-corrected chi connectivity index (χ4v) is 2.12. The van der Waals surface area contributed by atoms with Gasteiger partial charge in [0.05, 0.1) is 6.61 Å². The normalized spacial score (nSPS) is 10.6. The second-order valence-electron chi connectivity index (χ2n) is 5.01. The lowest BCUT2D eigenvalue weighted by atomic mass is 10.1. The molecule has 0 radical (unpaired) electrons. The summed E-state index contributed by atoms with van der Waals surface area (Å²) < 4.78 is 6.07. The quantitative estimate of drug-likeness (QED) is 0.891. The van der Waals surface area contributed by atoms with Crippen molar-refractivity contribution in [1.82, 2.24) is 0 Å². The lowest BCUT2D eigenvalue weighted by Gasteiger charge is -2.15. The number of aliphatic hydroxyl groups is 1. The van der Waals surface area contributed by atoms with Gasteiger partial charge in [-0.3, -0.25) is 0 Å². The lowest BCUT2D eigenvalue weighted by Crippen LogP contribution is -1.95. The van der Waals surface area contributed by atoms with Crippen molar-refractivity contribution >= 4 is 0 Å². The molecule has 0 aliphatic rings. The summed E-state index contributed by atoms with van der Waals surface area (Å²) in [5, 5.41) is 9.13. The number of aliphatic hydroxyl groups excluding tert-OH is 1. The van der Waals surface area contributed by atoms with Crippen LogP contribution in [0, 0.1) is 27.7 Å². The van der Waals surface area contributed by atoms with E-state index in [4.69, 9.17) is 9.84 Å². The van der Waals surface area contributed by atoms with Crippen LogP contribution in [-0.4, -0.2) is 5.11 Å². The van der Waals surface area contributed by atoms with E-state index in [1.807, 2.05) is 25.1 Å². The molecule has 0 saturated heterocycles. The summed E-state index contributed by atoms with van der Waals surface area (Å²) in [6.45, 7) is 8.27. The first-order chi connectivity index (χ1) is 9.02. The van der Waals surface area contributed by atoms with Crippen molar-refractivity contribution < 1.29 is 9.84 Å². The highest BCUT2D eigenvalue weighted by Gasteiger charge is 2.09. The second kappa shape index (κ2) is 5.45. The molecule has 2 aromatic rings. The van der Waals surface area contributed by atoms with Gasteiger partial charge in [0.25, 0.3) is 0 Å². The van der Waals surface area contributed by atoms with Gasteiger partial charge in [0.15, 0.2) is 0 Å². The largest absolute Gasteiger partial charge is 0.457 e. The van der Waals surface area contributed by atoms with Gasteiger partial charge in [-0.1, -0.05) is 24.3 Å². The predicted molar refractivity (Wildman–Crippen MR) is 77.8 cm³/mol. The van der Waals surface area contributed by atoms with Gasteiger partial charge in [-0.15, -0.1) is 0 Å². The van der Waals surface area contributed by atoms with E-state index in [0.717, 1.165) is 28.2 Å². The second-order valence-corrected chi connectivity index (χ2v) is 5.01. The van der Waals surface area contributed by atoms with E-state index in [-0.39, 0.29) is 6.61 Å². The van der Waals surface area contributed by atoms with Gasteiger partial charge in [0.1, 0.15) is 11.5 Å². The Morgan fingerprint density at radius 2 is 1.58 bits per heavy atom. The van der Waals surface area contributed by atoms with Crippen molar-refractivity contribution in [3.63, 3.8) is 0 Å². The van der Waals surface area contributed by atoms with Gasteiger partial charge in [0.2, 0.25) is 0 Å². The topological polar surface area (TPSA) is 29.5 Å². The summed E-state index contributed by atoms with van der Waals surface area (Å²) in [5.41, 5.74) is 5.47. The first-order valence-electron chi connectivity index (χ1n) is 6.48. The molecule has 19 heavy (non-hydrogen) atoms. The molecule has 0 saturated carbocycles. The minimum Gasteiger partial charge on any atom is -0.457 e. The maximum absolute atomic E-state index is 9.13. The zero-order valence-corrected chi connectivity index (χ0v) is 11.9. The molecule has 0 aromatic heterocycles. The van der Waals surface area contributed by atoms with E-state index in [2.05, 4.69) is 32.9 Å². The third kappa shape index (κ3) is 2.79. The molecule has 0 aliphatic carbocycles. The van der Waals surface area contributed by atoms with Gasteiger partial charge < -0.3 is 9.84 Å². The number of ether oxygens (including phenoxy) is 1. The molecule has 100 valence electrons. The molecule has 2 aromatic carbocycles. The Bertz CT molecular complexity index is 600. The summed E-state index contributed by atoms with van der Waals surface area (Å²) in [6, 6.07) is 9.95. The van der Waals surface area contributed by atoms with Crippen LogP contribution in [-0.2, 0) is 6.61 Å². The van der Waals surface area contributed by atoms with E-state index in [1.54, 1.807) is 0 Å². The zero-order valence-electron chi connectivity index (χ0n) is 11.9. The van der Waals surface area contributed by atoms with Gasteiger partial charge in [-0.25, -0.2) is 0 Å². The van der Waals surface area contributed by atoms with Crippen LogP contribution in [0.1, 0.15) is 27.8 Å². The van der Waals surface area contributed by atoms with Gasteiger partial charge in [-0.2, -0.15) is 0 Å². The third-order valence-corrected chi connectivity index (χ3v) is 3.51. The number of hydrogen-bond donors (Lipinski definition) is 1. The standard InChI is InChI=1S/C17H20O2/c1-11-5-6-12(2)17(14(11)4)19-16-8-7-15(10-18)9-13(16)3/h5-9,18H,10H2,1-4H3. The van der Waals surface area contributed by atoms with Crippen LogP contribution in [0.25, 0.3) is 0 Å². The summed E-state index contributed by atoms with van der Waals surface area (Å²) in [5.74, 6) is 1.77. The third-order valence-electron chi connectivity index (χ3n) is 3.51. The lowest BCUT2D eigenvalue weighted by molar-refractivity contribution is 0.281. The molecule has 0 bridgehead atoms.